The number of para-hydroxylation sites is 1. The maximum atomic E-state index is 12.7. The summed E-state index contributed by atoms with van der Waals surface area (Å²) in [5.74, 6) is 0.844. The van der Waals surface area contributed by atoms with Crippen molar-refractivity contribution in [2.75, 3.05) is 6.54 Å². The lowest BCUT2D eigenvalue weighted by molar-refractivity contribution is 0.487. The fourth-order valence-electron chi connectivity index (χ4n) is 2.54. The Morgan fingerprint density at radius 1 is 1.24 bits per heavy atom. The fraction of sp³-hybridized carbons (Fsp3) is 0.529. The first-order valence-corrected chi connectivity index (χ1v) is 7.91. The second-order valence-corrected chi connectivity index (χ2v) is 5.47. The van der Waals surface area contributed by atoms with E-state index in [0.717, 1.165) is 37.1 Å². The Bertz CT molecular complexity index is 648. The topological polar surface area (TPSA) is 46.9 Å². The largest absolute Gasteiger partial charge is 0.308 e. The monoisotopic (exact) mass is 287 g/mol. The van der Waals surface area contributed by atoms with Gasteiger partial charge in [0.15, 0.2) is 0 Å². The maximum absolute atomic E-state index is 12.7. The Morgan fingerprint density at radius 2 is 2.00 bits per heavy atom. The molecule has 1 aromatic heterocycles. The molecular formula is C17H25N3O. The summed E-state index contributed by atoms with van der Waals surface area (Å²) < 4.78 is 1.83. The highest BCUT2D eigenvalue weighted by atomic mass is 16.1. The molecule has 21 heavy (non-hydrogen) atoms. The second-order valence-electron chi connectivity index (χ2n) is 5.47. The molecule has 0 radical (unpaired) electrons. The van der Waals surface area contributed by atoms with Crippen LogP contribution in [0.15, 0.2) is 29.1 Å². The third-order valence-electron chi connectivity index (χ3n) is 3.71. The first kappa shape index (κ1) is 15.7. The van der Waals surface area contributed by atoms with Crippen molar-refractivity contribution in [3.63, 3.8) is 0 Å². The van der Waals surface area contributed by atoms with Crippen molar-refractivity contribution in [2.45, 2.75) is 52.6 Å². The number of fused-ring (bicyclic) bond motifs is 1. The highest BCUT2D eigenvalue weighted by Gasteiger charge is 2.15. The van der Waals surface area contributed by atoms with Gasteiger partial charge in [0, 0.05) is 6.54 Å². The van der Waals surface area contributed by atoms with Gasteiger partial charge in [-0.2, -0.15) is 0 Å². The fourth-order valence-corrected chi connectivity index (χ4v) is 2.54. The van der Waals surface area contributed by atoms with E-state index in [1.54, 1.807) is 0 Å². The van der Waals surface area contributed by atoms with Crippen molar-refractivity contribution in [1.29, 1.82) is 0 Å². The van der Waals surface area contributed by atoms with Crippen LogP contribution in [-0.2, 0) is 6.54 Å². The molecule has 4 heteroatoms. The maximum Gasteiger partial charge on any atom is 0.261 e. The van der Waals surface area contributed by atoms with E-state index >= 15 is 0 Å². The zero-order chi connectivity index (χ0) is 15.2. The van der Waals surface area contributed by atoms with Crippen molar-refractivity contribution in [2.24, 2.45) is 0 Å². The van der Waals surface area contributed by atoms with Crippen LogP contribution < -0.4 is 10.9 Å². The summed E-state index contributed by atoms with van der Waals surface area (Å²) in [7, 11) is 0. The number of rotatable bonds is 7. The molecule has 0 spiro atoms. The van der Waals surface area contributed by atoms with E-state index in [4.69, 9.17) is 4.98 Å². The predicted octanol–water partition coefficient (Wildman–Crippen LogP) is 3.26. The molecule has 0 unspecified atom stereocenters. The summed E-state index contributed by atoms with van der Waals surface area (Å²) in [4.78, 5) is 17.4. The number of benzene rings is 1. The van der Waals surface area contributed by atoms with Crippen LogP contribution in [0.4, 0.5) is 0 Å². The standard InChI is InChI=1S/C17H25N3O/c1-4-6-11-18-13(3)16-19-15-10-8-7-9-14(15)17(21)20(16)12-5-2/h7-10,13,18H,4-6,11-12H2,1-3H3/t13-/m1/s1. The first-order chi connectivity index (χ1) is 10.2. The van der Waals surface area contributed by atoms with Gasteiger partial charge in [0.25, 0.3) is 5.56 Å². The number of hydrogen-bond acceptors (Lipinski definition) is 3. The van der Waals surface area contributed by atoms with Gasteiger partial charge in [-0.1, -0.05) is 32.4 Å². The van der Waals surface area contributed by atoms with Gasteiger partial charge in [0.05, 0.1) is 16.9 Å². The third kappa shape index (κ3) is 3.50. The van der Waals surface area contributed by atoms with Gasteiger partial charge in [-0.3, -0.25) is 9.36 Å². The van der Waals surface area contributed by atoms with Crippen LogP contribution in [0.2, 0.25) is 0 Å². The molecule has 2 aromatic rings. The Hall–Kier alpha value is -1.68. The summed E-state index contributed by atoms with van der Waals surface area (Å²) in [5.41, 5.74) is 0.857. The van der Waals surface area contributed by atoms with Gasteiger partial charge < -0.3 is 5.32 Å². The number of aromatic nitrogens is 2. The molecule has 114 valence electrons. The second kappa shape index (κ2) is 7.36. The molecule has 0 saturated heterocycles. The average molecular weight is 287 g/mol. The minimum atomic E-state index is 0.0709. The zero-order valence-corrected chi connectivity index (χ0v) is 13.2. The number of nitrogens with zero attached hydrogens (tertiary/aromatic N) is 2. The van der Waals surface area contributed by atoms with Crippen LogP contribution in [0, 0.1) is 0 Å². The van der Waals surface area contributed by atoms with Crippen molar-refractivity contribution < 1.29 is 0 Å². The van der Waals surface area contributed by atoms with Crippen LogP contribution in [0.1, 0.15) is 51.9 Å². The lowest BCUT2D eigenvalue weighted by atomic mass is 10.2. The molecule has 4 nitrogen and oxygen atoms in total. The predicted molar refractivity (Wildman–Crippen MR) is 87.6 cm³/mol. The van der Waals surface area contributed by atoms with Crippen LogP contribution in [0.5, 0.6) is 0 Å². The Balaban J connectivity index is 2.45. The molecule has 0 fully saturated rings. The highest BCUT2D eigenvalue weighted by molar-refractivity contribution is 5.77. The van der Waals surface area contributed by atoms with Gasteiger partial charge in [0.2, 0.25) is 0 Å². The van der Waals surface area contributed by atoms with E-state index in [9.17, 15) is 4.79 Å². The van der Waals surface area contributed by atoms with Crippen LogP contribution in [0.25, 0.3) is 10.9 Å². The molecule has 1 atom stereocenters. The molecule has 0 bridgehead atoms. The van der Waals surface area contributed by atoms with Gasteiger partial charge >= 0.3 is 0 Å². The third-order valence-corrected chi connectivity index (χ3v) is 3.71. The van der Waals surface area contributed by atoms with E-state index < -0.39 is 0 Å². The molecule has 1 heterocycles. The number of unbranched alkanes of at least 4 members (excludes halogenated alkanes) is 1. The minimum Gasteiger partial charge on any atom is -0.308 e. The summed E-state index contributed by atoms with van der Waals surface area (Å²) >= 11 is 0. The van der Waals surface area contributed by atoms with E-state index in [0.29, 0.717) is 11.9 Å². The molecule has 0 aliphatic heterocycles. The van der Waals surface area contributed by atoms with E-state index in [1.165, 1.54) is 0 Å². The van der Waals surface area contributed by atoms with E-state index in [2.05, 4.69) is 26.1 Å². The van der Waals surface area contributed by atoms with E-state index in [-0.39, 0.29) is 11.6 Å². The van der Waals surface area contributed by atoms with Gasteiger partial charge in [0.1, 0.15) is 5.82 Å². The highest BCUT2D eigenvalue weighted by Crippen LogP contribution is 2.14. The summed E-state index contributed by atoms with van der Waals surface area (Å²) in [6.07, 6.45) is 3.22. The van der Waals surface area contributed by atoms with Crippen molar-refractivity contribution >= 4 is 10.9 Å². The minimum absolute atomic E-state index is 0.0709. The number of nitrogens with one attached hydrogen (secondary N) is 1. The molecular weight excluding hydrogens is 262 g/mol. The molecule has 0 amide bonds. The lowest BCUT2D eigenvalue weighted by Crippen LogP contribution is -2.31. The lowest BCUT2D eigenvalue weighted by Gasteiger charge is -2.19. The molecule has 1 N–H and O–H groups in total. The Labute approximate surface area is 126 Å². The molecule has 2 rings (SSSR count). The van der Waals surface area contributed by atoms with Gasteiger partial charge in [-0.05, 0) is 38.4 Å². The summed E-state index contributed by atoms with van der Waals surface area (Å²) in [6.45, 7) is 8.00. The summed E-state index contributed by atoms with van der Waals surface area (Å²) in [6, 6.07) is 7.67. The van der Waals surface area contributed by atoms with Crippen LogP contribution in [0.3, 0.4) is 0 Å². The SMILES string of the molecule is CCCCN[C@H](C)c1nc2ccccc2c(=O)n1CCC. The van der Waals surface area contributed by atoms with Gasteiger partial charge in [-0.25, -0.2) is 4.98 Å². The van der Waals surface area contributed by atoms with Crippen molar-refractivity contribution in [3.05, 3.63) is 40.4 Å². The average Bonchev–Trinajstić information content (AvgIpc) is 2.50. The molecule has 1 aromatic carbocycles. The zero-order valence-electron chi connectivity index (χ0n) is 13.2. The Kier molecular flexibility index (Phi) is 5.51. The molecule has 0 saturated carbocycles. The van der Waals surface area contributed by atoms with E-state index in [1.807, 2.05) is 28.8 Å². The number of hydrogen-bond donors (Lipinski definition) is 1. The summed E-state index contributed by atoms with van der Waals surface area (Å²) in [5, 5.41) is 4.17. The normalized spacial score (nSPS) is 12.7. The van der Waals surface area contributed by atoms with Crippen molar-refractivity contribution in [3.8, 4) is 0 Å². The van der Waals surface area contributed by atoms with Crippen molar-refractivity contribution in [1.82, 2.24) is 14.9 Å². The van der Waals surface area contributed by atoms with Gasteiger partial charge in [-0.15, -0.1) is 0 Å². The molecule has 0 aliphatic carbocycles. The Morgan fingerprint density at radius 3 is 2.71 bits per heavy atom. The smallest absolute Gasteiger partial charge is 0.261 e. The quantitative estimate of drug-likeness (QED) is 0.795. The van der Waals surface area contributed by atoms with Crippen LogP contribution in [-0.4, -0.2) is 16.1 Å². The van der Waals surface area contributed by atoms with Crippen LogP contribution >= 0.6 is 0 Å². The molecule has 0 aliphatic rings. The first-order valence-electron chi connectivity index (χ1n) is 7.91.